The molecule has 0 atom stereocenters. The van der Waals surface area contributed by atoms with Crippen LogP contribution in [0.5, 0.6) is 5.75 Å². The topological polar surface area (TPSA) is 73.6 Å². The average Bonchev–Trinajstić information content (AvgIpc) is 2.35. The lowest BCUT2D eigenvalue weighted by atomic mass is 10.4. The molecule has 2 aromatic rings. The van der Waals surface area contributed by atoms with E-state index >= 15 is 0 Å². The molecule has 1 aromatic carbocycles. The average molecular weight is 266 g/mol. The summed E-state index contributed by atoms with van der Waals surface area (Å²) in [4.78, 5) is 11.5. The highest BCUT2D eigenvalue weighted by Crippen LogP contribution is 2.18. The molecule has 6 heteroatoms. The molecular weight excluding hydrogens is 256 g/mol. The van der Waals surface area contributed by atoms with E-state index in [1.54, 1.807) is 18.2 Å². The van der Waals surface area contributed by atoms with Crippen LogP contribution >= 0.6 is 0 Å². The van der Waals surface area contributed by atoms with Crippen LogP contribution in [0.15, 0.2) is 56.8 Å². The second-order valence-corrected chi connectivity index (χ2v) is 5.07. The van der Waals surface area contributed by atoms with Crippen molar-refractivity contribution in [3.63, 3.8) is 0 Å². The largest absolute Gasteiger partial charge is 0.465 e. The summed E-state index contributed by atoms with van der Waals surface area (Å²) < 4.78 is 33.6. The lowest BCUT2D eigenvalue weighted by Gasteiger charge is -2.07. The van der Waals surface area contributed by atoms with E-state index in [1.165, 1.54) is 25.3 Å². The van der Waals surface area contributed by atoms with Crippen LogP contribution < -0.4 is 9.61 Å². The molecular formula is C12H10O5S. The molecule has 5 nitrogen and oxygen atoms in total. The molecule has 2 rings (SSSR count). The highest BCUT2D eigenvalue weighted by atomic mass is 32.2. The van der Waals surface area contributed by atoms with E-state index in [1.807, 2.05) is 0 Å². The van der Waals surface area contributed by atoms with Gasteiger partial charge >= 0.3 is 10.1 Å². The van der Waals surface area contributed by atoms with Gasteiger partial charge in [-0.05, 0) is 19.1 Å². The van der Waals surface area contributed by atoms with Crippen molar-refractivity contribution in [3.05, 3.63) is 58.6 Å². The third-order valence-corrected chi connectivity index (χ3v) is 3.47. The SMILES string of the molecule is Cc1occc(=O)c1OS(=O)(=O)c1ccccc1. The number of aryl methyl sites for hydroxylation is 1. The molecule has 0 bridgehead atoms. The molecule has 18 heavy (non-hydrogen) atoms. The highest BCUT2D eigenvalue weighted by Gasteiger charge is 2.19. The van der Waals surface area contributed by atoms with Crippen LogP contribution in [-0.2, 0) is 10.1 Å². The van der Waals surface area contributed by atoms with Crippen molar-refractivity contribution in [2.24, 2.45) is 0 Å². The smallest absolute Gasteiger partial charge is 0.339 e. The Morgan fingerprint density at radius 1 is 1.11 bits per heavy atom. The zero-order chi connectivity index (χ0) is 13.2. The van der Waals surface area contributed by atoms with E-state index < -0.39 is 15.5 Å². The maximum atomic E-state index is 11.9. The molecule has 1 aromatic heterocycles. The summed E-state index contributed by atoms with van der Waals surface area (Å²) >= 11 is 0. The number of hydrogen-bond donors (Lipinski definition) is 0. The Labute approximate surface area is 104 Å². The van der Waals surface area contributed by atoms with E-state index in [0.29, 0.717) is 0 Å². The minimum absolute atomic E-state index is 0.0207. The van der Waals surface area contributed by atoms with Crippen LogP contribution in [0.2, 0.25) is 0 Å². The molecule has 94 valence electrons. The van der Waals surface area contributed by atoms with Crippen molar-refractivity contribution in [1.82, 2.24) is 0 Å². The Bertz CT molecular complexity index is 701. The van der Waals surface area contributed by atoms with Crippen LogP contribution in [0.3, 0.4) is 0 Å². The first-order chi connectivity index (χ1) is 8.50. The quantitative estimate of drug-likeness (QED) is 0.791. The summed E-state index contributed by atoms with van der Waals surface area (Å²) in [5.74, 6) is -0.205. The van der Waals surface area contributed by atoms with Gasteiger partial charge in [0.2, 0.25) is 11.2 Å². The van der Waals surface area contributed by atoms with Crippen LogP contribution in [0.25, 0.3) is 0 Å². The Kier molecular flexibility index (Phi) is 3.20. The van der Waals surface area contributed by atoms with Crippen molar-refractivity contribution in [3.8, 4) is 5.75 Å². The third-order valence-electron chi connectivity index (χ3n) is 2.23. The highest BCUT2D eigenvalue weighted by molar-refractivity contribution is 7.87. The first-order valence-corrected chi connectivity index (χ1v) is 6.49. The number of hydrogen-bond acceptors (Lipinski definition) is 5. The molecule has 0 radical (unpaired) electrons. The summed E-state index contributed by atoms with van der Waals surface area (Å²) in [5, 5.41) is 0. The second kappa shape index (κ2) is 4.66. The molecule has 0 saturated heterocycles. The fourth-order valence-electron chi connectivity index (χ4n) is 1.35. The van der Waals surface area contributed by atoms with Crippen molar-refractivity contribution in [2.75, 3.05) is 0 Å². The van der Waals surface area contributed by atoms with Crippen LogP contribution in [0.4, 0.5) is 0 Å². The normalized spacial score (nSPS) is 11.2. The molecule has 0 saturated carbocycles. The standard InChI is InChI=1S/C12H10O5S/c1-9-12(11(13)7-8-16-9)17-18(14,15)10-5-3-2-4-6-10/h2-8H,1H3. The minimum Gasteiger partial charge on any atom is -0.465 e. The van der Waals surface area contributed by atoms with Crippen molar-refractivity contribution in [2.45, 2.75) is 11.8 Å². The van der Waals surface area contributed by atoms with Crippen molar-refractivity contribution < 1.29 is 17.0 Å². The fourth-order valence-corrected chi connectivity index (χ4v) is 2.35. The Hall–Kier alpha value is -2.08. The van der Waals surface area contributed by atoms with Gasteiger partial charge in [-0.15, -0.1) is 0 Å². The summed E-state index contributed by atoms with van der Waals surface area (Å²) in [6.45, 7) is 1.46. The van der Waals surface area contributed by atoms with Gasteiger partial charge in [0.25, 0.3) is 0 Å². The molecule has 0 spiro atoms. The number of rotatable bonds is 3. The lowest BCUT2D eigenvalue weighted by Crippen LogP contribution is -2.15. The molecule has 0 amide bonds. The van der Waals surface area contributed by atoms with Gasteiger partial charge in [0.1, 0.15) is 10.7 Å². The van der Waals surface area contributed by atoms with E-state index in [-0.39, 0.29) is 16.4 Å². The minimum atomic E-state index is -4.02. The van der Waals surface area contributed by atoms with Gasteiger partial charge in [-0.2, -0.15) is 8.42 Å². The molecule has 0 aliphatic heterocycles. The summed E-state index contributed by atoms with van der Waals surface area (Å²) in [5.41, 5.74) is -0.543. The van der Waals surface area contributed by atoms with E-state index in [4.69, 9.17) is 8.60 Å². The predicted octanol–water partition coefficient (Wildman–Crippen LogP) is 1.72. The molecule has 1 heterocycles. The summed E-state index contributed by atoms with van der Waals surface area (Å²) in [6.07, 6.45) is 1.18. The predicted molar refractivity (Wildman–Crippen MR) is 64.0 cm³/mol. The van der Waals surface area contributed by atoms with Crippen LogP contribution in [0, 0.1) is 6.92 Å². The van der Waals surface area contributed by atoms with Crippen molar-refractivity contribution in [1.29, 1.82) is 0 Å². The van der Waals surface area contributed by atoms with E-state index in [2.05, 4.69) is 0 Å². The zero-order valence-corrected chi connectivity index (χ0v) is 10.3. The van der Waals surface area contributed by atoms with Gasteiger partial charge in [-0.25, -0.2) is 0 Å². The van der Waals surface area contributed by atoms with Gasteiger partial charge in [-0.1, -0.05) is 18.2 Å². The number of benzene rings is 1. The first kappa shape index (κ1) is 12.4. The maximum Gasteiger partial charge on any atom is 0.339 e. The van der Waals surface area contributed by atoms with Gasteiger partial charge in [-0.3, -0.25) is 4.79 Å². The Balaban J connectivity index is 2.44. The van der Waals surface area contributed by atoms with Gasteiger partial charge in [0.15, 0.2) is 0 Å². The lowest BCUT2D eigenvalue weighted by molar-refractivity contribution is 0.441. The molecule has 0 unspecified atom stereocenters. The van der Waals surface area contributed by atoms with Gasteiger partial charge in [0, 0.05) is 6.07 Å². The summed E-state index contributed by atoms with van der Waals surface area (Å²) in [6, 6.07) is 8.68. The van der Waals surface area contributed by atoms with Gasteiger partial charge < -0.3 is 8.60 Å². The molecule has 0 aliphatic carbocycles. The van der Waals surface area contributed by atoms with Crippen LogP contribution in [-0.4, -0.2) is 8.42 Å². The fraction of sp³-hybridized carbons (Fsp3) is 0.0833. The zero-order valence-electron chi connectivity index (χ0n) is 9.49. The third kappa shape index (κ3) is 2.43. The summed E-state index contributed by atoms with van der Waals surface area (Å²) in [7, 11) is -4.02. The molecule has 0 N–H and O–H groups in total. The Morgan fingerprint density at radius 3 is 2.39 bits per heavy atom. The molecule has 0 aliphatic rings. The van der Waals surface area contributed by atoms with E-state index in [9.17, 15) is 13.2 Å². The van der Waals surface area contributed by atoms with E-state index in [0.717, 1.165) is 6.07 Å². The van der Waals surface area contributed by atoms with Gasteiger partial charge in [0.05, 0.1) is 6.26 Å². The van der Waals surface area contributed by atoms with Crippen LogP contribution in [0.1, 0.15) is 5.76 Å². The monoisotopic (exact) mass is 266 g/mol. The van der Waals surface area contributed by atoms with Crippen molar-refractivity contribution >= 4 is 10.1 Å². The molecule has 0 fully saturated rings. The Morgan fingerprint density at radius 2 is 1.78 bits per heavy atom. The first-order valence-electron chi connectivity index (χ1n) is 5.08. The maximum absolute atomic E-state index is 11.9. The second-order valence-electron chi connectivity index (χ2n) is 3.52.